The summed E-state index contributed by atoms with van der Waals surface area (Å²) in [5.41, 5.74) is 1.17. The van der Waals surface area contributed by atoms with Gasteiger partial charge in [-0.05, 0) is 48.5 Å². The Kier molecular flexibility index (Phi) is 9.40. The third-order valence-electron chi connectivity index (χ3n) is 6.40. The van der Waals surface area contributed by atoms with E-state index in [1.165, 1.54) is 0 Å². The van der Waals surface area contributed by atoms with Crippen LogP contribution in [0, 0.1) is 0 Å². The SMILES string of the molecule is O=C(Nc1ccccc1)O[C@@H]1O[C@H](COC(=O)c2ccccc2)[C@H](OC(=O)c2ccccc2)[C@@H]1OC(=O)c1ccccc1. The van der Waals surface area contributed by atoms with E-state index in [-0.39, 0.29) is 11.1 Å². The van der Waals surface area contributed by atoms with Crippen molar-refractivity contribution < 1.29 is 42.9 Å². The first-order valence-corrected chi connectivity index (χ1v) is 13.4. The molecule has 1 aliphatic rings. The second-order valence-corrected chi connectivity index (χ2v) is 9.38. The predicted octanol–water partition coefficient (Wildman–Crippen LogP) is 5.27. The first kappa shape index (κ1) is 29.0. The van der Waals surface area contributed by atoms with Crippen LogP contribution in [-0.2, 0) is 23.7 Å². The van der Waals surface area contributed by atoms with Crippen LogP contribution in [0.4, 0.5) is 10.5 Å². The highest BCUT2D eigenvalue weighted by atomic mass is 16.8. The molecule has 1 aliphatic heterocycles. The molecule has 1 fully saturated rings. The van der Waals surface area contributed by atoms with Gasteiger partial charge in [0.1, 0.15) is 12.7 Å². The number of hydrogen-bond acceptors (Lipinski definition) is 9. The van der Waals surface area contributed by atoms with Crippen molar-refractivity contribution in [3.8, 4) is 0 Å². The zero-order valence-corrected chi connectivity index (χ0v) is 22.7. The number of nitrogens with one attached hydrogen (secondary N) is 1. The van der Waals surface area contributed by atoms with E-state index in [9.17, 15) is 19.2 Å². The summed E-state index contributed by atoms with van der Waals surface area (Å²) in [5.74, 6) is -2.17. The Morgan fingerprint density at radius 2 is 1.00 bits per heavy atom. The second kappa shape index (κ2) is 13.9. The van der Waals surface area contributed by atoms with Gasteiger partial charge in [0.25, 0.3) is 0 Å². The molecule has 10 heteroatoms. The number of carbonyl (C=O) groups excluding carboxylic acids is 4. The number of para-hydroxylation sites is 1. The van der Waals surface area contributed by atoms with Crippen molar-refractivity contribution in [3.05, 3.63) is 138 Å². The molecule has 5 rings (SSSR count). The van der Waals surface area contributed by atoms with Gasteiger partial charge in [-0.15, -0.1) is 0 Å². The molecule has 1 amide bonds. The lowest BCUT2D eigenvalue weighted by atomic mass is 10.1. The molecule has 218 valence electrons. The van der Waals surface area contributed by atoms with E-state index < -0.39 is 55.2 Å². The number of carbonyl (C=O) groups is 4. The summed E-state index contributed by atoms with van der Waals surface area (Å²) in [4.78, 5) is 51.8. The van der Waals surface area contributed by atoms with Crippen LogP contribution in [-0.4, -0.2) is 55.2 Å². The molecule has 0 aromatic heterocycles. The molecule has 10 nitrogen and oxygen atoms in total. The lowest BCUT2D eigenvalue weighted by Crippen LogP contribution is -2.43. The summed E-state index contributed by atoms with van der Waals surface area (Å²) in [6.07, 6.45) is -6.33. The third-order valence-corrected chi connectivity index (χ3v) is 6.40. The molecule has 4 aromatic carbocycles. The normalized spacial score (nSPS) is 19.1. The highest BCUT2D eigenvalue weighted by molar-refractivity contribution is 5.91. The molecule has 43 heavy (non-hydrogen) atoms. The van der Waals surface area contributed by atoms with Crippen LogP contribution in [0.3, 0.4) is 0 Å². The molecule has 0 aliphatic carbocycles. The molecular formula is C33H27NO9. The number of anilines is 1. The standard InChI is InChI=1S/C33H27NO9/c35-29(22-13-5-1-6-14-22)39-21-26-27(41-30(36)23-15-7-2-8-16-23)28(42-31(37)24-17-9-3-10-18-24)32(40-26)43-33(38)34-25-19-11-4-12-20-25/h1-20,26-28,32H,21H2,(H,34,38)/t26-,27+,28+,32+/m1/s1. The lowest BCUT2D eigenvalue weighted by Gasteiger charge is -2.24. The van der Waals surface area contributed by atoms with Crippen LogP contribution >= 0.6 is 0 Å². The Morgan fingerprint density at radius 1 is 0.558 bits per heavy atom. The molecule has 0 unspecified atom stereocenters. The van der Waals surface area contributed by atoms with Crippen LogP contribution < -0.4 is 5.32 Å². The number of rotatable bonds is 9. The maximum atomic E-state index is 13.1. The smallest absolute Gasteiger partial charge is 0.414 e. The van der Waals surface area contributed by atoms with Crippen LogP contribution in [0.25, 0.3) is 0 Å². The molecule has 1 N–H and O–H groups in total. The number of esters is 3. The summed E-state index contributed by atoms with van der Waals surface area (Å²) in [5, 5.41) is 2.57. The van der Waals surface area contributed by atoms with Gasteiger partial charge in [-0.3, -0.25) is 5.32 Å². The molecule has 4 atom stereocenters. The van der Waals surface area contributed by atoms with Crippen LogP contribution in [0.2, 0.25) is 0 Å². The molecular weight excluding hydrogens is 554 g/mol. The fourth-order valence-corrected chi connectivity index (χ4v) is 4.31. The summed E-state index contributed by atoms with van der Waals surface area (Å²) < 4.78 is 28.5. The van der Waals surface area contributed by atoms with Crippen molar-refractivity contribution in [2.75, 3.05) is 11.9 Å². The van der Waals surface area contributed by atoms with Gasteiger partial charge in [-0.1, -0.05) is 72.8 Å². The average Bonchev–Trinajstić information content (AvgIpc) is 3.35. The van der Waals surface area contributed by atoms with Crippen LogP contribution in [0.5, 0.6) is 0 Å². The van der Waals surface area contributed by atoms with E-state index in [0.717, 1.165) is 0 Å². The lowest BCUT2D eigenvalue weighted by molar-refractivity contribution is -0.135. The minimum Gasteiger partial charge on any atom is -0.459 e. The van der Waals surface area contributed by atoms with Crippen LogP contribution in [0.15, 0.2) is 121 Å². The topological polar surface area (TPSA) is 126 Å². The highest BCUT2D eigenvalue weighted by Crippen LogP contribution is 2.30. The first-order chi connectivity index (χ1) is 21.0. The molecule has 0 saturated carbocycles. The molecule has 0 bridgehead atoms. The highest BCUT2D eigenvalue weighted by Gasteiger charge is 2.52. The molecule has 1 heterocycles. The zero-order chi connectivity index (χ0) is 30.0. The van der Waals surface area contributed by atoms with E-state index in [0.29, 0.717) is 11.3 Å². The Bertz CT molecular complexity index is 1530. The van der Waals surface area contributed by atoms with Crippen molar-refractivity contribution in [2.24, 2.45) is 0 Å². The monoisotopic (exact) mass is 581 g/mol. The molecule has 4 aromatic rings. The van der Waals surface area contributed by atoms with E-state index in [1.807, 2.05) is 0 Å². The second-order valence-electron chi connectivity index (χ2n) is 9.38. The fourth-order valence-electron chi connectivity index (χ4n) is 4.31. The van der Waals surface area contributed by atoms with Crippen molar-refractivity contribution in [3.63, 3.8) is 0 Å². The number of hydrogen-bond donors (Lipinski definition) is 1. The molecule has 0 radical (unpaired) electrons. The Balaban J connectivity index is 1.41. The van der Waals surface area contributed by atoms with Crippen molar-refractivity contribution >= 4 is 29.7 Å². The number of amides is 1. The van der Waals surface area contributed by atoms with Crippen molar-refractivity contribution in [2.45, 2.75) is 24.6 Å². The Morgan fingerprint density at radius 3 is 1.51 bits per heavy atom. The van der Waals surface area contributed by atoms with Crippen LogP contribution in [0.1, 0.15) is 31.1 Å². The summed E-state index contributed by atoms with van der Waals surface area (Å²) in [7, 11) is 0. The van der Waals surface area contributed by atoms with Crippen molar-refractivity contribution in [1.82, 2.24) is 0 Å². The maximum absolute atomic E-state index is 13.1. The first-order valence-electron chi connectivity index (χ1n) is 13.4. The number of ether oxygens (including phenoxy) is 5. The maximum Gasteiger partial charge on any atom is 0.414 e. The summed E-state index contributed by atoms with van der Waals surface area (Å²) in [6.45, 7) is -0.403. The third kappa shape index (κ3) is 7.63. The average molecular weight is 582 g/mol. The summed E-state index contributed by atoms with van der Waals surface area (Å²) in [6, 6.07) is 33.1. The van der Waals surface area contributed by atoms with Gasteiger partial charge in [0.05, 0.1) is 16.7 Å². The Hall–Kier alpha value is -5.48. The fraction of sp³-hybridized carbons (Fsp3) is 0.152. The number of benzene rings is 4. The van der Waals surface area contributed by atoms with E-state index >= 15 is 0 Å². The largest absolute Gasteiger partial charge is 0.459 e. The van der Waals surface area contributed by atoms with Gasteiger partial charge >= 0.3 is 24.0 Å². The van der Waals surface area contributed by atoms with Gasteiger partial charge in [0, 0.05) is 5.69 Å². The minimum absolute atomic E-state index is 0.210. The quantitative estimate of drug-likeness (QED) is 0.208. The zero-order valence-electron chi connectivity index (χ0n) is 22.7. The minimum atomic E-state index is -1.52. The van der Waals surface area contributed by atoms with Crippen molar-refractivity contribution in [1.29, 1.82) is 0 Å². The van der Waals surface area contributed by atoms with E-state index in [1.54, 1.807) is 121 Å². The van der Waals surface area contributed by atoms with Gasteiger partial charge in [0.15, 0.2) is 6.10 Å². The van der Waals surface area contributed by atoms with Gasteiger partial charge in [-0.2, -0.15) is 0 Å². The van der Waals surface area contributed by atoms with E-state index in [4.69, 9.17) is 23.7 Å². The van der Waals surface area contributed by atoms with Gasteiger partial charge in [-0.25, -0.2) is 19.2 Å². The van der Waals surface area contributed by atoms with Gasteiger partial charge in [0.2, 0.25) is 12.4 Å². The predicted molar refractivity (Wildman–Crippen MR) is 153 cm³/mol. The Labute approximate surface area is 247 Å². The van der Waals surface area contributed by atoms with Gasteiger partial charge < -0.3 is 23.7 Å². The molecule has 1 saturated heterocycles. The molecule has 0 spiro atoms. The van der Waals surface area contributed by atoms with E-state index in [2.05, 4.69) is 5.32 Å². The summed E-state index contributed by atoms with van der Waals surface area (Å²) >= 11 is 0.